The average molecular weight is 438 g/mol. The Kier molecular flexibility index (Phi) is 6.83. The fraction of sp³-hybridized carbons (Fsp3) is 0.400. The number of carboxylic acid groups (broad SMARTS) is 1. The number of carboxylic acids is 1. The number of aryl methyl sites for hydroxylation is 1. The number of benzene rings is 2. The Hall–Kier alpha value is -3.22. The monoisotopic (exact) mass is 437 g/mol. The number of aromatic nitrogens is 2. The van der Waals surface area contributed by atoms with Crippen LogP contribution in [0.3, 0.4) is 0 Å². The van der Waals surface area contributed by atoms with Gasteiger partial charge in [0.2, 0.25) is 5.91 Å². The van der Waals surface area contributed by atoms with Crippen LogP contribution in [0, 0.1) is 5.82 Å². The Bertz CT molecular complexity index is 1090. The number of amides is 1. The van der Waals surface area contributed by atoms with Crippen LogP contribution in [0.25, 0.3) is 11.0 Å². The molecule has 0 atom stereocenters. The first-order chi connectivity index (χ1) is 15.5. The minimum atomic E-state index is -1.07. The van der Waals surface area contributed by atoms with Gasteiger partial charge in [0.25, 0.3) is 0 Å². The third-order valence-electron chi connectivity index (χ3n) is 6.17. The number of hydrogen-bond donors (Lipinski definition) is 1. The number of nitrogens with zero attached hydrogens (tertiary/aromatic N) is 3. The van der Waals surface area contributed by atoms with Crippen LogP contribution in [0.15, 0.2) is 48.5 Å². The molecule has 0 unspecified atom stereocenters. The van der Waals surface area contributed by atoms with Crippen LogP contribution < -0.4 is 0 Å². The van der Waals surface area contributed by atoms with E-state index in [1.807, 2.05) is 24.3 Å². The minimum Gasteiger partial charge on any atom is -0.480 e. The number of halogens is 1. The number of fused-ring (bicyclic) bond motifs is 1. The highest BCUT2D eigenvalue weighted by Crippen LogP contribution is 2.34. The average Bonchev–Trinajstić information content (AvgIpc) is 3.17. The van der Waals surface area contributed by atoms with Gasteiger partial charge in [0, 0.05) is 25.4 Å². The van der Waals surface area contributed by atoms with E-state index < -0.39 is 12.5 Å². The quantitative estimate of drug-likeness (QED) is 0.553. The van der Waals surface area contributed by atoms with Gasteiger partial charge in [-0.1, -0.05) is 43.5 Å². The van der Waals surface area contributed by atoms with E-state index in [0.29, 0.717) is 18.0 Å². The maximum Gasteiger partial charge on any atom is 0.323 e. The number of carbonyl (C=O) groups excluding carboxylic acids is 1. The lowest BCUT2D eigenvalue weighted by Crippen LogP contribution is -2.35. The van der Waals surface area contributed by atoms with Crippen molar-refractivity contribution in [2.45, 2.75) is 57.5 Å². The van der Waals surface area contributed by atoms with Gasteiger partial charge >= 0.3 is 5.97 Å². The van der Waals surface area contributed by atoms with Gasteiger partial charge in [0.05, 0.1) is 11.0 Å². The van der Waals surface area contributed by atoms with Crippen molar-refractivity contribution in [2.24, 2.45) is 0 Å². The summed E-state index contributed by atoms with van der Waals surface area (Å²) in [6.07, 6.45) is 6.02. The summed E-state index contributed by atoms with van der Waals surface area (Å²) in [5.74, 6) is -0.268. The van der Waals surface area contributed by atoms with Gasteiger partial charge < -0.3 is 14.6 Å². The van der Waals surface area contributed by atoms with Crippen LogP contribution in [0.4, 0.5) is 4.39 Å². The molecule has 0 saturated heterocycles. The molecular formula is C25H28FN3O3. The molecule has 0 bridgehead atoms. The number of rotatable bonds is 8. The highest BCUT2D eigenvalue weighted by atomic mass is 19.1. The Morgan fingerprint density at radius 1 is 1.06 bits per heavy atom. The van der Waals surface area contributed by atoms with Crippen molar-refractivity contribution in [1.29, 1.82) is 0 Å². The Balaban J connectivity index is 1.53. The number of para-hydroxylation sites is 2. The zero-order chi connectivity index (χ0) is 22.5. The standard InChI is InChI=1S/C25H28FN3O3/c26-20-12-10-18(11-13-20)16-28(17-24(31)32)23(30)14-15-29-22-9-5-4-8-21(22)27-25(29)19-6-2-1-3-7-19/h4-5,8-13,19H,1-3,6-7,14-17H2,(H,31,32). The van der Waals surface area contributed by atoms with E-state index in [1.54, 1.807) is 12.1 Å². The van der Waals surface area contributed by atoms with Crippen molar-refractivity contribution < 1.29 is 19.1 Å². The maximum atomic E-state index is 13.2. The summed E-state index contributed by atoms with van der Waals surface area (Å²) in [6, 6.07) is 13.7. The van der Waals surface area contributed by atoms with Crippen LogP contribution >= 0.6 is 0 Å². The van der Waals surface area contributed by atoms with E-state index in [2.05, 4.69) is 4.57 Å². The zero-order valence-electron chi connectivity index (χ0n) is 18.0. The van der Waals surface area contributed by atoms with Crippen LogP contribution in [-0.2, 0) is 22.7 Å². The lowest BCUT2D eigenvalue weighted by molar-refractivity contribution is -0.145. The molecule has 1 saturated carbocycles. The van der Waals surface area contributed by atoms with Gasteiger partial charge in [-0.2, -0.15) is 0 Å². The molecular weight excluding hydrogens is 409 g/mol. The molecule has 3 aromatic rings. The molecule has 1 aromatic heterocycles. The Morgan fingerprint density at radius 2 is 1.78 bits per heavy atom. The zero-order valence-corrected chi connectivity index (χ0v) is 18.0. The summed E-state index contributed by atoms with van der Waals surface area (Å²) in [5, 5.41) is 9.29. The largest absolute Gasteiger partial charge is 0.480 e. The lowest BCUT2D eigenvalue weighted by atomic mass is 9.88. The topological polar surface area (TPSA) is 75.4 Å². The molecule has 0 radical (unpaired) electrons. The van der Waals surface area contributed by atoms with Crippen LogP contribution in [0.1, 0.15) is 55.8 Å². The third-order valence-corrected chi connectivity index (χ3v) is 6.17. The van der Waals surface area contributed by atoms with Crippen molar-refractivity contribution in [1.82, 2.24) is 14.5 Å². The van der Waals surface area contributed by atoms with Gasteiger partial charge in [0.1, 0.15) is 18.2 Å². The summed E-state index contributed by atoms with van der Waals surface area (Å²) in [6.45, 7) is 0.187. The molecule has 1 heterocycles. The predicted molar refractivity (Wildman–Crippen MR) is 120 cm³/mol. The molecule has 0 aliphatic heterocycles. The second-order valence-electron chi connectivity index (χ2n) is 8.47. The van der Waals surface area contributed by atoms with Crippen LogP contribution in [0.5, 0.6) is 0 Å². The summed E-state index contributed by atoms with van der Waals surface area (Å²) >= 11 is 0. The minimum absolute atomic E-state index is 0.131. The summed E-state index contributed by atoms with van der Waals surface area (Å²) < 4.78 is 15.3. The van der Waals surface area contributed by atoms with Crippen molar-refractivity contribution in [2.75, 3.05) is 6.54 Å². The molecule has 1 fully saturated rings. The van der Waals surface area contributed by atoms with Gasteiger partial charge in [-0.05, 0) is 42.7 Å². The highest BCUT2D eigenvalue weighted by Gasteiger charge is 2.24. The van der Waals surface area contributed by atoms with Crippen molar-refractivity contribution in [3.8, 4) is 0 Å². The molecule has 7 heteroatoms. The highest BCUT2D eigenvalue weighted by molar-refractivity contribution is 5.82. The van der Waals surface area contributed by atoms with Gasteiger partial charge in [-0.25, -0.2) is 9.37 Å². The fourth-order valence-corrected chi connectivity index (χ4v) is 4.57. The predicted octanol–water partition coefficient (Wildman–Crippen LogP) is 4.73. The van der Waals surface area contributed by atoms with Gasteiger partial charge in [0.15, 0.2) is 0 Å². The SMILES string of the molecule is O=C(O)CN(Cc1ccc(F)cc1)C(=O)CCn1c(C2CCCCC2)nc2ccccc21. The molecule has 1 aliphatic carbocycles. The third kappa shape index (κ3) is 5.15. The van der Waals surface area contributed by atoms with E-state index in [1.165, 1.54) is 36.3 Å². The smallest absolute Gasteiger partial charge is 0.323 e. The number of imidazole rings is 1. The Morgan fingerprint density at radius 3 is 2.50 bits per heavy atom. The molecule has 1 amide bonds. The second kappa shape index (κ2) is 9.94. The molecule has 1 N–H and O–H groups in total. The van der Waals surface area contributed by atoms with Gasteiger partial charge in [-0.15, -0.1) is 0 Å². The molecule has 6 nitrogen and oxygen atoms in total. The second-order valence-corrected chi connectivity index (χ2v) is 8.47. The van der Waals surface area contributed by atoms with Crippen LogP contribution in [0.2, 0.25) is 0 Å². The molecule has 168 valence electrons. The van der Waals surface area contributed by atoms with E-state index >= 15 is 0 Å². The molecule has 2 aromatic carbocycles. The first-order valence-corrected chi connectivity index (χ1v) is 11.2. The van der Waals surface area contributed by atoms with Crippen molar-refractivity contribution in [3.05, 3.63) is 65.7 Å². The number of aliphatic carboxylic acids is 1. The summed E-state index contributed by atoms with van der Waals surface area (Å²) in [7, 11) is 0. The van der Waals surface area contributed by atoms with E-state index in [-0.39, 0.29) is 24.7 Å². The first-order valence-electron chi connectivity index (χ1n) is 11.2. The number of hydrogen-bond acceptors (Lipinski definition) is 3. The Labute approximate surface area is 186 Å². The summed E-state index contributed by atoms with van der Waals surface area (Å²) in [5.41, 5.74) is 2.62. The first kappa shape index (κ1) is 22.0. The fourth-order valence-electron chi connectivity index (χ4n) is 4.57. The molecule has 1 aliphatic rings. The van der Waals surface area contributed by atoms with E-state index in [0.717, 1.165) is 29.7 Å². The van der Waals surface area contributed by atoms with Crippen molar-refractivity contribution in [3.63, 3.8) is 0 Å². The van der Waals surface area contributed by atoms with E-state index in [9.17, 15) is 19.1 Å². The lowest BCUT2D eigenvalue weighted by Gasteiger charge is -2.24. The number of carbonyl (C=O) groups is 2. The van der Waals surface area contributed by atoms with Crippen LogP contribution in [-0.4, -0.2) is 38.0 Å². The summed E-state index contributed by atoms with van der Waals surface area (Å²) in [4.78, 5) is 30.6. The maximum absolute atomic E-state index is 13.2. The van der Waals surface area contributed by atoms with Gasteiger partial charge in [-0.3, -0.25) is 9.59 Å². The molecule has 0 spiro atoms. The van der Waals surface area contributed by atoms with Crippen molar-refractivity contribution >= 4 is 22.9 Å². The molecule has 32 heavy (non-hydrogen) atoms. The van der Waals surface area contributed by atoms with E-state index in [4.69, 9.17) is 4.98 Å². The normalized spacial score (nSPS) is 14.5. The molecule has 4 rings (SSSR count).